The lowest BCUT2D eigenvalue weighted by Gasteiger charge is -2.10. The highest BCUT2D eigenvalue weighted by Gasteiger charge is 2.07. The Morgan fingerprint density at radius 3 is 2.56 bits per heavy atom. The fraction of sp³-hybridized carbons (Fsp3) is 0.238. The minimum Gasteiger partial charge on any atom is -0.370 e. The van der Waals surface area contributed by atoms with Crippen LogP contribution in [-0.2, 0) is 17.6 Å². The molecular weight excluding hydrogens is 338 g/mol. The van der Waals surface area contributed by atoms with Gasteiger partial charge in [-0.2, -0.15) is 0 Å². The van der Waals surface area contributed by atoms with Gasteiger partial charge in [0.2, 0.25) is 5.91 Å². The summed E-state index contributed by atoms with van der Waals surface area (Å²) in [6.45, 7) is 4.33. The predicted octanol–water partition coefficient (Wildman–Crippen LogP) is 3.71. The Labute approximate surface area is 159 Å². The van der Waals surface area contributed by atoms with Crippen LogP contribution in [0.15, 0.2) is 54.7 Å². The van der Waals surface area contributed by atoms with Crippen LogP contribution in [0.1, 0.15) is 25.1 Å². The van der Waals surface area contributed by atoms with Gasteiger partial charge in [-0.25, -0.2) is 9.97 Å². The van der Waals surface area contributed by atoms with Crippen LogP contribution in [0.4, 0.5) is 11.5 Å². The van der Waals surface area contributed by atoms with E-state index in [1.54, 1.807) is 6.20 Å². The molecule has 0 bridgehead atoms. The largest absolute Gasteiger partial charge is 0.370 e. The number of hydrogen-bond donors (Lipinski definition) is 2. The fourth-order valence-corrected chi connectivity index (χ4v) is 2.67. The van der Waals surface area contributed by atoms with E-state index in [1.165, 1.54) is 12.5 Å². The van der Waals surface area contributed by atoms with Gasteiger partial charge in [-0.3, -0.25) is 9.78 Å². The molecule has 2 heterocycles. The van der Waals surface area contributed by atoms with Gasteiger partial charge < -0.3 is 10.6 Å². The van der Waals surface area contributed by atoms with Crippen molar-refractivity contribution in [2.24, 2.45) is 0 Å². The molecule has 6 heteroatoms. The quantitative estimate of drug-likeness (QED) is 0.670. The summed E-state index contributed by atoms with van der Waals surface area (Å²) in [5, 5.41) is 6.15. The molecule has 0 saturated heterocycles. The Balaban J connectivity index is 1.64. The molecule has 0 aliphatic heterocycles. The molecule has 1 amide bonds. The molecule has 0 saturated carbocycles. The summed E-state index contributed by atoms with van der Waals surface area (Å²) < 4.78 is 0. The number of aryl methyl sites for hydroxylation is 1. The average Bonchev–Trinajstić information content (AvgIpc) is 2.69. The number of carbonyl (C=O) groups excluding carboxylic acids is 1. The summed E-state index contributed by atoms with van der Waals surface area (Å²) in [7, 11) is 0. The van der Waals surface area contributed by atoms with E-state index in [2.05, 4.69) is 32.5 Å². The highest BCUT2D eigenvalue weighted by molar-refractivity contribution is 5.88. The highest BCUT2D eigenvalue weighted by atomic mass is 16.1. The van der Waals surface area contributed by atoms with E-state index in [-0.39, 0.29) is 5.91 Å². The summed E-state index contributed by atoms with van der Waals surface area (Å²) in [5.74, 6) is 1.37. The van der Waals surface area contributed by atoms with Crippen LogP contribution in [0, 0.1) is 0 Å². The van der Waals surface area contributed by atoms with Gasteiger partial charge in [-0.15, -0.1) is 0 Å². The molecule has 0 fully saturated rings. The van der Waals surface area contributed by atoms with Gasteiger partial charge in [0.05, 0.1) is 0 Å². The smallest absolute Gasteiger partial charge is 0.221 e. The van der Waals surface area contributed by atoms with Crippen molar-refractivity contribution in [1.29, 1.82) is 0 Å². The van der Waals surface area contributed by atoms with Crippen molar-refractivity contribution in [2.45, 2.75) is 26.7 Å². The zero-order chi connectivity index (χ0) is 19.1. The van der Waals surface area contributed by atoms with Crippen LogP contribution >= 0.6 is 0 Å². The maximum absolute atomic E-state index is 11.1. The number of pyridine rings is 1. The van der Waals surface area contributed by atoms with Gasteiger partial charge in [0.15, 0.2) is 5.82 Å². The van der Waals surface area contributed by atoms with Gasteiger partial charge in [0.1, 0.15) is 11.5 Å². The molecule has 3 rings (SSSR count). The summed E-state index contributed by atoms with van der Waals surface area (Å²) in [5.41, 5.74) is 3.74. The molecule has 2 aromatic heterocycles. The van der Waals surface area contributed by atoms with Crippen LogP contribution in [0.2, 0.25) is 0 Å². The molecule has 1 aromatic carbocycles. The number of benzene rings is 1. The van der Waals surface area contributed by atoms with E-state index in [1.807, 2.05) is 48.5 Å². The van der Waals surface area contributed by atoms with Gasteiger partial charge in [0, 0.05) is 37.1 Å². The zero-order valence-electron chi connectivity index (χ0n) is 15.6. The molecule has 0 atom stereocenters. The molecular formula is C21H23N5O. The van der Waals surface area contributed by atoms with Crippen LogP contribution < -0.4 is 10.6 Å². The van der Waals surface area contributed by atoms with E-state index in [0.29, 0.717) is 5.82 Å². The van der Waals surface area contributed by atoms with E-state index in [4.69, 9.17) is 0 Å². The molecule has 0 unspecified atom stereocenters. The van der Waals surface area contributed by atoms with Crippen molar-refractivity contribution >= 4 is 17.4 Å². The Bertz CT molecular complexity index is 894. The second kappa shape index (κ2) is 8.89. The first-order chi connectivity index (χ1) is 13.1. The average molecular weight is 361 g/mol. The van der Waals surface area contributed by atoms with E-state index >= 15 is 0 Å². The lowest BCUT2D eigenvalue weighted by Crippen LogP contribution is -2.09. The molecule has 6 nitrogen and oxygen atoms in total. The monoisotopic (exact) mass is 361 g/mol. The van der Waals surface area contributed by atoms with Crippen LogP contribution in [-0.4, -0.2) is 27.4 Å². The Morgan fingerprint density at radius 1 is 1.07 bits per heavy atom. The van der Waals surface area contributed by atoms with Crippen LogP contribution in [0.5, 0.6) is 0 Å². The summed E-state index contributed by atoms with van der Waals surface area (Å²) >= 11 is 0. The number of amides is 1. The number of carbonyl (C=O) groups is 1. The van der Waals surface area contributed by atoms with Crippen molar-refractivity contribution in [3.8, 4) is 11.5 Å². The van der Waals surface area contributed by atoms with Crippen LogP contribution in [0.3, 0.4) is 0 Å². The zero-order valence-corrected chi connectivity index (χ0v) is 15.6. The second-order valence-corrected chi connectivity index (χ2v) is 6.19. The number of rotatable bonds is 7. The SMILES string of the molecule is CCc1cc(NCCc2ccc(NC(C)=O)cc2)nc(-c2ccccn2)n1. The normalized spacial score (nSPS) is 10.4. The third kappa shape index (κ3) is 5.34. The molecule has 138 valence electrons. The molecule has 0 aliphatic rings. The number of aromatic nitrogens is 3. The molecule has 0 radical (unpaired) electrons. The fourth-order valence-electron chi connectivity index (χ4n) is 2.67. The second-order valence-electron chi connectivity index (χ2n) is 6.19. The predicted molar refractivity (Wildman–Crippen MR) is 108 cm³/mol. The molecule has 2 N–H and O–H groups in total. The first kappa shape index (κ1) is 18.5. The van der Waals surface area contributed by atoms with E-state index in [0.717, 1.165) is 42.3 Å². The van der Waals surface area contributed by atoms with Gasteiger partial charge in [0.25, 0.3) is 0 Å². The van der Waals surface area contributed by atoms with Gasteiger partial charge >= 0.3 is 0 Å². The summed E-state index contributed by atoms with van der Waals surface area (Å²) in [6, 6.07) is 15.6. The number of nitrogens with one attached hydrogen (secondary N) is 2. The third-order valence-corrected chi connectivity index (χ3v) is 4.03. The van der Waals surface area contributed by atoms with Crippen molar-refractivity contribution < 1.29 is 4.79 Å². The Morgan fingerprint density at radius 2 is 1.89 bits per heavy atom. The van der Waals surface area contributed by atoms with E-state index < -0.39 is 0 Å². The standard InChI is InChI=1S/C21H23N5O/c1-3-17-14-20(26-21(25-17)19-6-4-5-12-22-19)23-13-11-16-7-9-18(10-8-16)24-15(2)27/h4-10,12,14H,3,11,13H2,1-2H3,(H,24,27)(H,23,25,26). The van der Waals surface area contributed by atoms with Crippen molar-refractivity contribution in [1.82, 2.24) is 15.0 Å². The number of hydrogen-bond acceptors (Lipinski definition) is 5. The number of nitrogens with zero attached hydrogens (tertiary/aromatic N) is 3. The minimum absolute atomic E-state index is 0.0661. The third-order valence-electron chi connectivity index (χ3n) is 4.03. The first-order valence-electron chi connectivity index (χ1n) is 9.04. The maximum atomic E-state index is 11.1. The topological polar surface area (TPSA) is 79.8 Å². The van der Waals surface area contributed by atoms with Crippen molar-refractivity contribution in [2.75, 3.05) is 17.2 Å². The van der Waals surface area contributed by atoms with Crippen LogP contribution in [0.25, 0.3) is 11.5 Å². The van der Waals surface area contributed by atoms with Crippen molar-refractivity contribution in [3.63, 3.8) is 0 Å². The Hall–Kier alpha value is -3.28. The highest BCUT2D eigenvalue weighted by Crippen LogP contribution is 2.16. The van der Waals surface area contributed by atoms with E-state index in [9.17, 15) is 4.79 Å². The Kier molecular flexibility index (Phi) is 6.10. The number of anilines is 2. The summed E-state index contributed by atoms with van der Waals surface area (Å²) in [4.78, 5) is 24.6. The first-order valence-corrected chi connectivity index (χ1v) is 9.04. The molecule has 3 aromatic rings. The lowest BCUT2D eigenvalue weighted by molar-refractivity contribution is -0.114. The van der Waals surface area contributed by atoms with Gasteiger partial charge in [-0.1, -0.05) is 25.1 Å². The lowest BCUT2D eigenvalue weighted by atomic mass is 10.1. The molecule has 0 spiro atoms. The minimum atomic E-state index is -0.0661. The van der Waals surface area contributed by atoms with Crippen molar-refractivity contribution in [3.05, 3.63) is 66.0 Å². The van der Waals surface area contributed by atoms with Gasteiger partial charge in [-0.05, 0) is 42.7 Å². The summed E-state index contributed by atoms with van der Waals surface area (Å²) in [6.07, 6.45) is 3.43. The maximum Gasteiger partial charge on any atom is 0.221 e. The molecule has 0 aliphatic carbocycles. The molecule has 27 heavy (non-hydrogen) atoms.